The number of phenols is 1. The van der Waals surface area contributed by atoms with Crippen molar-refractivity contribution >= 4 is 11.9 Å². The van der Waals surface area contributed by atoms with Gasteiger partial charge in [-0.25, -0.2) is 4.79 Å². The number of carbonyl (C=O) groups is 2. The summed E-state index contributed by atoms with van der Waals surface area (Å²) in [7, 11) is 1.29. The number of phenolic OH excluding ortho intramolecular Hbond substituents is 1. The van der Waals surface area contributed by atoms with Gasteiger partial charge in [0.2, 0.25) is 5.91 Å². The molecule has 182 valence electrons. The standard InChI is InChI=1S/C27H34N2O5/c1-3-16-12-21(30)25-24-17(16)13-20-18-6-7-19(28-22(31)8-9-23(32)33-2)26(34-25)27(18,24)10-11-29(20)14-15-4-5-15/h8-9,12,15,18-20,26,30H,3-7,10-11,13-14H2,1-2H3,(H,28,31)/b9-8+/t18-,19-,20+,26-,27-/m0/s1. The van der Waals surface area contributed by atoms with Crippen LogP contribution in [0.15, 0.2) is 18.2 Å². The molecule has 2 saturated carbocycles. The maximum absolute atomic E-state index is 12.7. The summed E-state index contributed by atoms with van der Waals surface area (Å²) < 4.78 is 11.2. The van der Waals surface area contributed by atoms with E-state index in [1.807, 2.05) is 6.07 Å². The Balaban J connectivity index is 1.38. The molecule has 2 aliphatic heterocycles. The predicted molar refractivity (Wildman–Crippen MR) is 126 cm³/mol. The number of amides is 1. The van der Waals surface area contributed by atoms with Gasteiger partial charge in [0, 0.05) is 35.7 Å². The van der Waals surface area contributed by atoms with Crippen molar-refractivity contribution in [2.24, 2.45) is 11.8 Å². The molecule has 1 aromatic carbocycles. The molecule has 1 aromatic rings. The molecule has 0 aromatic heterocycles. The molecule has 0 radical (unpaired) electrons. The fraction of sp³-hybridized carbons (Fsp3) is 0.630. The van der Waals surface area contributed by atoms with Crippen LogP contribution in [0.1, 0.15) is 55.7 Å². The average Bonchev–Trinajstić information content (AvgIpc) is 3.58. The first kappa shape index (κ1) is 22.0. The summed E-state index contributed by atoms with van der Waals surface area (Å²) in [6.07, 6.45) is 9.63. The van der Waals surface area contributed by atoms with Crippen molar-refractivity contribution in [3.8, 4) is 11.5 Å². The number of carbonyl (C=O) groups excluding carboxylic acids is 2. The van der Waals surface area contributed by atoms with Gasteiger partial charge in [-0.2, -0.15) is 0 Å². The van der Waals surface area contributed by atoms with Crippen molar-refractivity contribution in [3.05, 3.63) is 34.9 Å². The number of aromatic hydroxyl groups is 1. The number of rotatable bonds is 6. The van der Waals surface area contributed by atoms with Crippen molar-refractivity contribution in [2.45, 2.75) is 75.5 Å². The predicted octanol–water partition coefficient (Wildman–Crippen LogP) is 2.62. The molecule has 1 saturated heterocycles. The molecule has 1 amide bonds. The van der Waals surface area contributed by atoms with Crippen LogP contribution >= 0.6 is 0 Å². The zero-order valence-corrected chi connectivity index (χ0v) is 20.0. The van der Waals surface area contributed by atoms with Crippen LogP contribution in [0.3, 0.4) is 0 Å². The first-order chi connectivity index (χ1) is 16.5. The summed E-state index contributed by atoms with van der Waals surface area (Å²) >= 11 is 0. The third kappa shape index (κ3) is 3.19. The third-order valence-electron chi connectivity index (χ3n) is 9.12. The summed E-state index contributed by atoms with van der Waals surface area (Å²) in [6, 6.07) is 2.21. The zero-order chi connectivity index (χ0) is 23.6. The summed E-state index contributed by atoms with van der Waals surface area (Å²) in [4.78, 5) is 26.8. The molecule has 2 bridgehead atoms. The minimum absolute atomic E-state index is 0.176. The van der Waals surface area contributed by atoms with E-state index in [1.54, 1.807) is 0 Å². The van der Waals surface area contributed by atoms with Gasteiger partial charge in [-0.15, -0.1) is 0 Å². The van der Waals surface area contributed by atoms with Gasteiger partial charge < -0.3 is 19.9 Å². The highest BCUT2D eigenvalue weighted by atomic mass is 16.5. The lowest BCUT2D eigenvalue weighted by molar-refractivity contribution is -0.135. The van der Waals surface area contributed by atoms with E-state index in [4.69, 9.17) is 4.74 Å². The first-order valence-corrected chi connectivity index (χ1v) is 12.8. The molecular weight excluding hydrogens is 432 g/mol. The highest BCUT2D eigenvalue weighted by molar-refractivity contribution is 5.94. The second-order valence-electron chi connectivity index (χ2n) is 10.8. The zero-order valence-electron chi connectivity index (χ0n) is 20.0. The number of esters is 1. The van der Waals surface area contributed by atoms with Crippen molar-refractivity contribution in [2.75, 3.05) is 20.2 Å². The summed E-state index contributed by atoms with van der Waals surface area (Å²) in [5, 5.41) is 14.1. The van der Waals surface area contributed by atoms with Gasteiger partial charge in [0.1, 0.15) is 6.10 Å². The van der Waals surface area contributed by atoms with Gasteiger partial charge in [0.05, 0.1) is 13.2 Å². The van der Waals surface area contributed by atoms with Crippen molar-refractivity contribution in [1.82, 2.24) is 10.2 Å². The largest absolute Gasteiger partial charge is 0.504 e. The highest BCUT2D eigenvalue weighted by Gasteiger charge is 2.66. The van der Waals surface area contributed by atoms with Crippen LogP contribution < -0.4 is 10.1 Å². The Kier molecular flexibility index (Phi) is 5.17. The molecule has 6 rings (SSSR count). The maximum atomic E-state index is 12.7. The van der Waals surface area contributed by atoms with Crippen LogP contribution in [0.5, 0.6) is 11.5 Å². The van der Waals surface area contributed by atoms with Crippen LogP contribution in [-0.4, -0.2) is 60.3 Å². The van der Waals surface area contributed by atoms with E-state index in [0.29, 0.717) is 17.7 Å². The summed E-state index contributed by atoms with van der Waals surface area (Å²) in [6.45, 7) is 4.39. The molecule has 34 heavy (non-hydrogen) atoms. The molecule has 1 spiro atoms. The lowest BCUT2D eigenvalue weighted by Gasteiger charge is -2.60. The highest BCUT2D eigenvalue weighted by Crippen LogP contribution is 2.64. The number of nitrogens with zero attached hydrogens (tertiary/aromatic N) is 1. The molecule has 0 unspecified atom stereocenters. The van der Waals surface area contributed by atoms with Crippen LogP contribution in [0.4, 0.5) is 0 Å². The Hall–Kier alpha value is -2.54. The molecular formula is C27H34N2O5. The van der Waals surface area contributed by atoms with Gasteiger partial charge in [0.25, 0.3) is 0 Å². The van der Waals surface area contributed by atoms with Crippen LogP contribution in [0.2, 0.25) is 0 Å². The first-order valence-electron chi connectivity index (χ1n) is 12.8. The fourth-order valence-corrected chi connectivity index (χ4v) is 7.55. The van der Waals surface area contributed by atoms with Crippen molar-refractivity contribution in [3.63, 3.8) is 0 Å². The van der Waals surface area contributed by atoms with Crippen LogP contribution in [-0.2, 0) is 32.6 Å². The van der Waals surface area contributed by atoms with E-state index >= 15 is 0 Å². The van der Waals surface area contributed by atoms with Crippen LogP contribution in [0, 0.1) is 11.8 Å². The van der Waals surface area contributed by atoms with Gasteiger partial charge in [-0.05, 0) is 80.5 Å². The molecule has 3 fully saturated rings. The molecule has 5 aliphatic rings. The molecule has 7 heteroatoms. The second-order valence-corrected chi connectivity index (χ2v) is 10.8. The van der Waals surface area contributed by atoms with E-state index in [1.165, 1.54) is 49.3 Å². The quantitative estimate of drug-likeness (QED) is 0.495. The maximum Gasteiger partial charge on any atom is 0.330 e. The minimum atomic E-state index is -0.554. The van der Waals surface area contributed by atoms with Gasteiger partial charge in [-0.3, -0.25) is 9.69 Å². The molecule has 2 N–H and O–H groups in total. The molecule has 2 heterocycles. The number of hydrogen-bond donors (Lipinski definition) is 2. The van der Waals surface area contributed by atoms with E-state index in [-0.39, 0.29) is 29.2 Å². The van der Waals surface area contributed by atoms with Gasteiger partial charge >= 0.3 is 5.97 Å². The second kappa shape index (κ2) is 8.01. The van der Waals surface area contributed by atoms with Crippen molar-refractivity contribution in [1.29, 1.82) is 0 Å². The lowest BCUT2D eigenvalue weighted by atomic mass is 9.50. The Morgan fingerprint density at radius 3 is 2.85 bits per heavy atom. The Morgan fingerprint density at radius 1 is 1.29 bits per heavy atom. The van der Waals surface area contributed by atoms with E-state index in [2.05, 4.69) is 21.9 Å². The van der Waals surface area contributed by atoms with Crippen molar-refractivity contribution < 1.29 is 24.2 Å². The number of ether oxygens (including phenoxy) is 2. The monoisotopic (exact) mass is 466 g/mol. The lowest BCUT2D eigenvalue weighted by Crippen LogP contribution is -2.69. The molecule has 7 nitrogen and oxygen atoms in total. The molecule has 3 aliphatic carbocycles. The Labute approximate surface area is 200 Å². The number of piperidine rings is 1. The summed E-state index contributed by atoms with van der Waals surface area (Å²) in [5.41, 5.74) is 3.64. The Bertz CT molecular complexity index is 1060. The fourth-order valence-electron chi connectivity index (χ4n) is 7.55. The van der Waals surface area contributed by atoms with Crippen LogP contribution in [0.25, 0.3) is 0 Å². The van der Waals surface area contributed by atoms with E-state index in [0.717, 1.165) is 50.6 Å². The number of methoxy groups -OCH3 is 1. The third-order valence-corrected chi connectivity index (χ3v) is 9.12. The van der Waals surface area contributed by atoms with E-state index in [9.17, 15) is 14.7 Å². The number of benzene rings is 1. The average molecular weight is 467 g/mol. The van der Waals surface area contributed by atoms with Gasteiger partial charge in [0.15, 0.2) is 11.5 Å². The minimum Gasteiger partial charge on any atom is -0.504 e. The normalized spacial score (nSPS) is 33.4. The number of likely N-dealkylation sites (tertiary alicyclic amines) is 1. The van der Waals surface area contributed by atoms with Gasteiger partial charge in [-0.1, -0.05) is 6.92 Å². The summed E-state index contributed by atoms with van der Waals surface area (Å²) in [5.74, 6) is 1.31. The SMILES string of the molecule is CCc1cc(O)c2c3c1C[C@@H]1[C@@H]4CC[C@H](NC(=O)/C=C/C(=O)OC)[C@H](O2)[C@]34CCN1CC1CC1. The number of aryl methyl sites for hydroxylation is 1. The topological polar surface area (TPSA) is 88.1 Å². The molecule has 5 atom stereocenters. The smallest absolute Gasteiger partial charge is 0.330 e. The van der Waals surface area contributed by atoms with E-state index < -0.39 is 5.97 Å². The Morgan fingerprint density at radius 2 is 2.12 bits per heavy atom. The number of nitrogens with one attached hydrogen (secondary N) is 1. The number of hydrogen-bond acceptors (Lipinski definition) is 6.